The summed E-state index contributed by atoms with van der Waals surface area (Å²) in [5.41, 5.74) is 1.01. The van der Waals surface area contributed by atoms with Gasteiger partial charge in [-0.15, -0.1) is 34.0 Å². The topological polar surface area (TPSA) is 54.5 Å². The third-order valence-electron chi connectivity index (χ3n) is 4.83. The van der Waals surface area contributed by atoms with E-state index in [0.717, 1.165) is 55.3 Å². The number of carbonyl (C=O) groups excluding carboxylic acids is 3. The Morgan fingerprint density at radius 2 is 1.55 bits per heavy atom. The summed E-state index contributed by atoms with van der Waals surface area (Å²) in [6, 6.07) is 7.53. The number of nitrogens with zero attached hydrogens (tertiary/aromatic N) is 1. The molecule has 2 amide bonds. The molecule has 0 spiro atoms. The Morgan fingerprint density at radius 1 is 0.897 bits per heavy atom. The van der Waals surface area contributed by atoms with Gasteiger partial charge in [-0.25, -0.2) is 0 Å². The highest BCUT2D eigenvalue weighted by Gasteiger charge is 2.42. The second-order valence-corrected chi connectivity index (χ2v) is 11.4. The molecule has 150 valence electrons. The highest BCUT2D eigenvalue weighted by Crippen LogP contribution is 2.49. The molecule has 8 heteroatoms. The number of unbranched alkanes of at least 4 members (excludes halogenated alkanes) is 3. The first-order valence-corrected chi connectivity index (χ1v) is 12.6. The highest BCUT2D eigenvalue weighted by atomic mass is 79.9. The van der Waals surface area contributed by atoms with Crippen LogP contribution < -0.4 is 0 Å². The lowest BCUT2D eigenvalue weighted by Gasteiger charge is -2.14. The summed E-state index contributed by atoms with van der Waals surface area (Å²) in [5, 5.41) is 0. The van der Waals surface area contributed by atoms with Crippen LogP contribution in [0.25, 0.3) is 19.5 Å². The molecule has 4 nitrogen and oxygen atoms in total. The zero-order chi connectivity index (χ0) is 20.5. The fourth-order valence-electron chi connectivity index (χ4n) is 3.42. The van der Waals surface area contributed by atoms with Crippen LogP contribution in [-0.4, -0.2) is 29.5 Å². The quantitative estimate of drug-likeness (QED) is 0.188. The molecule has 0 saturated carbocycles. The molecule has 0 unspecified atom stereocenters. The van der Waals surface area contributed by atoms with Crippen LogP contribution in [0.4, 0.5) is 0 Å². The lowest BCUT2D eigenvalue weighted by atomic mass is 10.1. The average Bonchev–Trinajstić information content (AvgIpc) is 3.46. The number of thiophene rings is 3. The van der Waals surface area contributed by atoms with Gasteiger partial charge < -0.3 is 0 Å². The minimum atomic E-state index is -0.212. The Hall–Kier alpha value is -1.61. The van der Waals surface area contributed by atoms with E-state index in [0.29, 0.717) is 22.5 Å². The van der Waals surface area contributed by atoms with Crippen molar-refractivity contribution in [2.75, 3.05) is 6.54 Å². The molecule has 0 fully saturated rings. The Labute approximate surface area is 189 Å². The highest BCUT2D eigenvalue weighted by molar-refractivity contribution is 9.11. The summed E-state index contributed by atoms with van der Waals surface area (Å²) in [6.45, 7) is 2.59. The lowest BCUT2D eigenvalue weighted by Crippen LogP contribution is -2.31. The second kappa shape index (κ2) is 8.63. The van der Waals surface area contributed by atoms with Gasteiger partial charge in [-0.05, 0) is 46.6 Å². The second-order valence-electron chi connectivity index (χ2n) is 6.76. The molecule has 4 heterocycles. The van der Waals surface area contributed by atoms with Crippen molar-refractivity contribution in [3.63, 3.8) is 0 Å². The standard InChI is InChI=1S/C21H18BrNO3S3/c1-2-3-4-5-10-23-20(25)16-17(21(23)26)19(14-8-9-15(22)28-14)29-18(16)13-7-6-12(11-24)27-13/h6-9,11H,2-5,10H2,1H3. The van der Waals surface area contributed by atoms with Gasteiger partial charge in [0.1, 0.15) is 0 Å². The largest absolute Gasteiger partial charge is 0.297 e. The van der Waals surface area contributed by atoms with E-state index in [-0.39, 0.29) is 11.8 Å². The Bertz CT molecular complexity index is 1090. The maximum Gasteiger partial charge on any atom is 0.263 e. The van der Waals surface area contributed by atoms with E-state index < -0.39 is 0 Å². The maximum absolute atomic E-state index is 13.2. The van der Waals surface area contributed by atoms with Gasteiger partial charge in [-0.1, -0.05) is 26.2 Å². The smallest absolute Gasteiger partial charge is 0.263 e. The molecular weight excluding hydrogens is 490 g/mol. The molecule has 0 bridgehead atoms. The predicted molar refractivity (Wildman–Crippen MR) is 124 cm³/mol. The molecule has 1 aliphatic heterocycles. The number of amides is 2. The van der Waals surface area contributed by atoms with Crippen molar-refractivity contribution in [1.82, 2.24) is 4.90 Å². The number of hydrogen-bond acceptors (Lipinski definition) is 6. The fourth-order valence-corrected chi connectivity index (χ4v) is 7.15. The molecule has 3 aromatic rings. The summed E-state index contributed by atoms with van der Waals surface area (Å²) < 4.78 is 0.976. The molecule has 3 aromatic heterocycles. The van der Waals surface area contributed by atoms with Crippen molar-refractivity contribution in [3.8, 4) is 19.5 Å². The number of halogens is 1. The fraction of sp³-hybridized carbons (Fsp3) is 0.286. The van der Waals surface area contributed by atoms with Crippen molar-refractivity contribution in [1.29, 1.82) is 0 Å². The normalized spacial score (nSPS) is 13.4. The number of rotatable bonds is 8. The average molecular weight is 508 g/mol. The summed E-state index contributed by atoms with van der Waals surface area (Å²) in [4.78, 5) is 43.0. The van der Waals surface area contributed by atoms with Crippen LogP contribution in [0.15, 0.2) is 28.1 Å². The molecule has 0 radical (unpaired) electrons. The zero-order valence-corrected chi connectivity index (χ0v) is 19.7. The van der Waals surface area contributed by atoms with Gasteiger partial charge in [0.05, 0.1) is 29.5 Å². The molecule has 0 aliphatic carbocycles. The summed E-state index contributed by atoms with van der Waals surface area (Å²) in [6.07, 6.45) is 4.84. The molecule has 0 saturated heterocycles. The van der Waals surface area contributed by atoms with Crippen molar-refractivity contribution in [2.24, 2.45) is 0 Å². The van der Waals surface area contributed by atoms with Crippen molar-refractivity contribution >= 4 is 68.0 Å². The van der Waals surface area contributed by atoms with Crippen molar-refractivity contribution in [3.05, 3.63) is 44.1 Å². The maximum atomic E-state index is 13.2. The van der Waals surface area contributed by atoms with Crippen molar-refractivity contribution < 1.29 is 14.4 Å². The molecular formula is C21H18BrNO3S3. The van der Waals surface area contributed by atoms with E-state index in [2.05, 4.69) is 22.9 Å². The van der Waals surface area contributed by atoms with Gasteiger partial charge in [-0.3, -0.25) is 19.3 Å². The Morgan fingerprint density at radius 3 is 2.10 bits per heavy atom. The third-order valence-corrected chi connectivity index (χ3v) is 9.01. The Balaban J connectivity index is 1.78. The van der Waals surface area contributed by atoms with Gasteiger partial charge in [0.2, 0.25) is 0 Å². The monoisotopic (exact) mass is 507 g/mol. The minimum Gasteiger partial charge on any atom is -0.297 e. The zero-order valence-electron chi connectivity index (χ0n) is 15.7. The summed E-state index contributed by atoms with van der Waals surface area (Å²) in [5.74, 6) is -0.411. The van der Waals surface area contributed by atoms with E-state index in [1.54, 1.807) is 17.4 Å². The number of fused-ring (bicyclic) bond motifs is 1. The van der Waals surface area contributed by atoms with Crippen LogP contribution in [-0.2, 0) is 0 Å². The van der Waals surface area contributed by atoms with Crippen LogP contribution in [0.2, 0.25) is 0 Å². The summed E-state index contributed by atoms with van der Waals surface area (Å²) in [7, 11) is 0. The third kappa shape index (κ3) is 3.79. The van der Waals surface area contributed by atoms with Gasteiger partial charge in [0, 0.05) is 16.3 Å². The molecule has 0 atom stereocenters. The van der Waals surface area contributed by atoms with Crippen molar-refractivity contribution in [2.45, 2.75) is 32.6 Å². The molecule has 29 heavy (non-hydrogen) atoms. The number of imide groups is 1. The van der Waals surface area contributed by atoms with E-state index >= 15 is 0 Å². The minimum absolute atomic E-state index is 0.198. The molecule has 4 rings (SSSR count). The van der Waals surface area contributed by atoms with Gasteiger partial charge in [0.25, 0.3) is 11.8 Å². The Kier molecular flexibility index (Phi) is 6.15. The number of hydrogen-bond donors (Lipinski definition) is 0. The van der Waals surface area contributed by atoms with Crippen LogP contribution in [0.5, 0.6) is 0 Å². The summed E-state index contributed by atoms with van der Waals surface area (Å²) >= 11 is 7.84. The molecule has 0 N–H and O–H groups in total. The van der Waals surface area contributed by atoms with Crippen LogP contribution in [0.1, 0.15) is 63.0 Å². The van der Waals surface area contributed by atoms with E-state index in [1.165, 1.54) is 27.6 Å². The van der Waals surface area contributed by atoms with Crippen LogP contribution in [0.3, 0.4) is 0 Å². The molecule has 1 aliphatic rings. The van der Waals surface area contributed by atoms with Gasteiger partial charge >= 0.3 is 0 Å². The lowest BCUT2D eigenvalue weighted by molar-refractivity contribution is 0.0651. The van der Waals surface area contributed by atoms with E-state index in [4.69, 9.17) is 0 Å². The van der Waals surface area contributed by atoms with Crippen LogP contribution >= 0.6 is 49.9 Å². The first-order chi connectivity index (χ1) is 14.0. The predicted octanol–water partition coefficient (Wildman–Crippen LogP) is 6.96. The van der Waals surface area contributed by atoms with Gasteiger partial charge in [0.15, 0.2) is 6.29 Å². The SMILES string of the molecule is CCCCCCN1C(=O)c2c(-c3ccc(Br)s3)sc(-c3ccc(C=O)s3)c2C1=O. The van der Waals surface area contributed by atoms with E-state index in [1.807, 2.05) is 18.2 Å². The van der Waals surface area contributed by atoms with Crippen LogP contribution in [0, 0.1) is 0 Å². The number of carbonyl (C=O) groups is 3. The van der Waals surface area contributed by atoms with E-state index in [9.17, 15) is 14.4 Å². The number of aldehydes is 1. The van der Waals surface area contributed by atoms with Gasteiger partial charge in [-0.2, -0.15) is 0 Å². The first kappa shape index (κ1) is 20.7. The first-order valence-electron chi connectivity index (χ1n) is 9.39. The molecule has 0 aromatic carbocycles.